The topological polar surface area (TPSA) is 52.7 Å². The first kappa shape index (κ1) is 16.5. The number of nitrogens with zero attached hydrogens (tertiary/aromatic N) is 2. The molecule has 0 saturated carbocycles. The Balaban J connectivity index is 1.85. The number of nitrogens with one attached hydrogen (secondary N) is 1. The summed E-state index contributed by atoms with van der Waals surface area (Å²) in [6.07, 6.45) is 0. The lowest BCUT2D eigenvalue weighted by Gasteiger charge is -2.38. The fraction of sp³-hybridized carbons (Fsp3) is 0.529. The quantitative estimate of drug-likeness (QED) is 0.923. The van der Waals surface area contributed by atoms with E-state index >= 15 is 0 Å². The highest BCUT2D eigenvalue weighted by Crippen LogP contribution is 2.12. The van der Waals surface area contributed by atoms with E-state index < -0.39 is 0 Å². The summed E-state index contributed by atoms with van der Waals surface area (Å²) in [7, 11) is 0. The van der Waals surface area contributed by atoms with Gasteiger partial charge in [0.2, 0.25) is 11.8 Å². The average Bonchev–Trinajstić information content (AvgIpc) is 2.54. The van der Waals surface area contributed by atoms with Crippen LogP contribution in [0.15, 0.2) is 30.3 Å². The summed E-state index contributed by atoms with van der Waals surface area (Å²) in [6.45, 7) is 8.62. The summed E-state index contributed by atoms with van der Waals surface area (Å²) < 4.78 is 0. The van der Waals surface area contributed by atoms with Crippen molar-refractivity contribution in [3.63, 3.8) is 0 Å². The monoisotopic (exact) mass is 303 g/mol. The fourth-order valence-electron chi connectivity index (χ4n) is 2.63. The molecule has 5 heteroatoms. The lowest BCUT2D eigenvalue weighted by Crippen LogP contribution is -2.54. The van der Waals surface area contributed by atoms with Crippen molar-refractivity contribution in [1.82, 2.24) is 9.80 Å². The number of para-hydroxylation sites is 1. The molecular weight excluding hydrogens is 278 g/mol. The molecule has 2 rings (SSSR count). The van der Waals surface area contributed by atoms with Crippen LogP contribution in [-0.4, -0.2) is 53.8 Å². The Morgan fingerprint density at radius 2 is 1.59 bits per heavy atom. The molecule has 0 bridgehead atoms. The molecule has 1 saturated heterocycles. The summed E-state index contributed by atoms with van der Waals surface area (Å²) in [5.41, 5.74) is 0.813. The summed E-state index contributed by atoms with van der Waals surface area (Å²) in [6, 6.07) is 9.28. The van der Waals surface area contributed by atoms with Gasteiger partial charge in [0.15, 0.2) is 0 Å². The number of hydrogen-bond acceptors (Lipinski definition) is 3. The van der Waals surface area contributed by atoms with E-state index in [-0.39, 0.29) is 23.8 Å². The first-order chi connectivity index (χ1) is 10.5. The highest BCUT2D eigenvalue weighted by Gasteiger charge is 2.28. The van der Waals surface area contributed by atoms with Gasteiger partial charge in [0.25, 0.3) is 0 Å². The Morgan fingerprint density at radius 3 is 2.14 bits per heavy atom. The van der Waals surface area contributed by atoms with Crippen molar-refractivity contribution in [2.75, 3.05) is 31.5 Å². The molecule has 1 heterocycles. The van der Waals surface area contributed by atoms with Gasteiger partial charge >= 0.3 is 0 Å². The summed E-state index contributed by atoms with van der Waals surface area (Å²) >= 11 is 0. The van der Waals surface area contributed by atoms with Gasteiger partial charge in [-0.1, -0.05) is 32.0 Å². The van der Waals surface area contributed by atoms with Crippen LogP contribution in [0.4, 0.5) is 5.69 Å². The first-order valence-electron chi connectivity index (χ1n) is 7.88. The van der Waals surface area contributed by atoms with Gasteiger partial charge in [-0.3, -0.25) is 14.5 Å². The minimum absolute atomic E-state index is 0.00478. The number of amides is 2. The molecule has 1 fully saturated rings. The van der Waals surface area contributed by atoms with Crippen molar-refractivity contribution in [3.05, 3.63) is 30.3 Å². The molecule has 1 aromatic rings. The van der Waals surface area contributed by atoms with Gasteiger partial charge in [0.05, 0.1) is 6.04 Å². The minimum atomic E-state index is -0.198. The number of piperazine rings is 1. The third-order valence-corrected chi connectivity index (χ3v) is 4.09. The Kier molecular flexibility index (Phi) is 5.55. The van der Waals surface area contributed by atoms with Crippen LogP contribution in [0.3, 0.4) is 0 Å². The van der Waals surface area contributed by atoms with Gasteiger partial charge in [0.1, 0.15) is 0 Å². The van der Waals surface area contributed by atoms with E-state index in [1.54, 1.807) is 0 Å². The zero-order valence-corrected chi connectivity index (χ0v) is 13.6. The first-order valence-corrected chi connectivity index (χ1v) is 7.88. The minimum Gasteiger partial charge on any atom is -0.340 e. The van der Waals surface area contributed by atoms with Crippen molar-refractivity contribution >= 4 is 17.5 Å². The van der Waals surface area contributed by atoms with E-state index in [2.05, 4.69) is 10.2 Å². The normalized spacial score (nSPS) is 17.4. The largest absolute Gasteiger partial charge is 0.340 e. The van der Waals surface area contributed by atoms with Crippen LogP contribution in [0.5, 0.6) is 0 Å². The van der Waals surface area contributed by atoms with E-state index in [1.807, 2.05) is 56.0 Å². The fourth-order valence-corrected chi connectivity index (χ4v) is 2.63. The van der Waals surface area contributed by atoms with E-state index in [9.17, 15) is 9.59 Å². The van der Waals surface area contributed by atoms with Crippen LogP contribution in [0, 0.1) is 5.92 Å². The Labute approximate surface area is 132 Å². The average molecular weight is 303 g/mol. The number of rotatable bonds is 4. The molecule has 1 unspecified atom stereocenters. The third-order valence-electron chi connectivity index (χ3n) is 4.09. The van der Waals surface area contributed by atoms with Gasteiger partial charge < -0.3 is 10.2 Å². The zero-order chi connectivity index (χ0) is 16.1. The molecular formula is C17H25N3O2. The molecule has 0 aromatic heterocycles. The van der Waals surface area contributed by atoms with Crippen LogP contribution in [0.25, 0.3) is 0 Å². The van der Waals surface area contributed by atoms with E-state index in [4.69, 9.17) is 0 Å². The van der Waals surface area contributed by atoms with Crippen molar-refractivity contribution in [1.29, 1.82) is 0 Å². The van der Waals surface area contributed by atoms with Gasteiger partial charge in [-0.25, -0.2) is 0 Å². The molecule has 0 aliphatic carbocycles. The molecule has 1 aliphatic rings. The van der Waals surface area contributed by atoms with Crippen LogP contribution in [0.2, 0.25) is 0 Å². The molecule has 0 radical (unpaired) electrons. The number of anilines is 1. The second-order valence-corrected chi connectivity index (χ2v) is 6.05. The van der Waals surface area contributed by atoms with Crippen LogP contribution in [0.1, 0.15) is 20.8 Å². The third kappa shape index (κ3) is 4.07. The predicted octanol–water partition coefficient (Wildman–Crippen LogP) is 1.81. The Hall–Kier alpha value is -1.88. The van der Waals surface area contributed by atoms with Crippen LogP contribution < -0.4 is 5.32 Å². The lowest BCUT2D eigenvalue weighted by molar-refractivity contribution is -0.136. The highest BCUT2D eigenvalue weighted by atomic mass is 16.2. The predicted molar refractivity (Wildman–Crippen MR) is 87.5 cm³/mol. The highest BCUT2D eigenvalue weighted by molar-refractivity contribution is 5.94. The van der Waals surface area contributed by atoms with Crippen molar-refractivity contribution in [2.45, 2.75) is 26.8 Å². The van der Waals surface area contributed by atoms with E-state index in [0.29, 0.717) is 13.1 Å². The van der Waals surface area contributed by atoms with Crippen LogP contribution in [-0.2, 0) is 9.59 Å². The molecule has 0 spiro atoms. The molecule has 120 valence electrons. The van der Waals surface area contributed by atoms with Crippen molar-refractivity contribution in [3.8, 4) is 0 Å². The van der Waals surface area contributed by atoms with Gasteiger partial charge in [-0.05, 0) is 19.1 Å². The molecule has 1 N–H and O–H groups in total. The molecule has 22 heavy (non-hydrogen) atoms. The van der Waals surface area contributed by atoms with Crippen LogP contribution >= 0.6 is 0 Å². The van der Waals surface area contributed by atoms with E-state index in [0.717, 1.165) is 18.8 Å². The van der Waals surface area contributed by atoms with Gasteiger partial charge in [0, 0.05) is 37.8 Å². The Bertz CT molecular complexity index is 508. The maximum absolute atomic E-state index is 12.3. The second-order valence-electron chi connectivity index (χ2n) is 6.05. The number of carbonyl (C=O) groups excluding carboxylic acids is 2. The number of carbonyl (C=O) groups is 2. The van der Waals surface area contributed by atoms with E-state index in [1.165, 1.54) is 0 Å². The second kappa shape index (κ2) is 7.40. The molecule has 5 nitrogen and oxygen atoms in total. The SMILES string of the molecule is CC(C)C(=O)N1CCN(C(C)C(=O)Nc2ccccc2)CC1. The molecule has 1 aliphatic heterocycles. The smallest absolute Gasteiger partial charge is 0.241 e. The maximum atomic E-state index is 12.3. The standard InChI is InChI=1S/C17H25N3O2/c1-13(2)17(22)20-11-9-19(10-12-20)14(3)16(21)18-15-7-5-4-6-8-15/h4-8,13-14H,9-12H2,1-3H3,(H,18,21). The summed E-state index contributed by atoms with van der Waals surface area (Å²) in [5.74, 6) is 0.223. The molecule has 1 aromatic carbocycles. The molecule has 1 atom stereocenters. The number of benzene rings is 1. The summed E-state index contributed by atoms with van der Waals surface area (Å²) in [5, 5.41) is 2.93. The van der Waals surface area contributed by atoms with Gasteiger partial charge in [-0.2, -0.15) is 0 Å². The zero-order valence-electron chi connectivity index (χ0n) is 13.6. The summed E-state index contributed by atoms with van der Waals surface area (Å²) in [4.78, 5) is 28.3. The Morgan fingerprint density at radius 1 is 1.00 bits per heavy atom. The maximum Gasteiger partial charge on any atom is 0.241 e. The molecule has 2 amide bonds. The van der Waals surface area contributed by atoms with Gasteiger partial charge in [-0.15, -0.1) is 0 Å². The van der Waals surface area contributed by atoms with Crippen molar-refractivity contribution < 1.29 is 9.59 Å². The number of hydrogen-bond donors (Lipinski definition) is 1. The van der Waals surface area contributed by atoms with Crippen molar-refractivity contribution in [2.24, 2.45) is 5.92 Å². The lowest BCUT2D eigenvalue weighted by atomic mass is 10.1.